The summed E-state index contributed by atoms with van der Waals surface area (Å²) in [5.41, 5.74) is 0. The molecule has 0 atom stereocenters. The van der Waals surface area contributed by atoms with E-state index in [-0.39, 0.29) is 0 Å². The lowest BCUT2D eigenvalue weighted by Crippen LogP contribution is -2.01. The van der Waals surface area contributed by atoms with Crippen LogP contribution in [0.15, 0.2) is 11.1 Å². The summed E-state index contributed by atoms with van der Waals surface area (Å²) in [5, 5.41) is 4.17. The molecule has 1 rings (SSSR count). The molecule has 0 amide bonds. The minimum Gasteiger partial charge on any atom is -0.370 e. The SMILES string of the molecule is CCNc1cc(SC)nc(C)n1. The summed E-state index contributed by atoms with van der Waals surface area (Å²) >= 11 is 1.63. The maximum Gasteiger partial charge on any atom is 0.130 e. The number of thioether (sulfide) groups is 1. The minimum atomic E-state index is 0.817. The van der Waals surface area contributed by atoms with E-state index < -0.39 is 0 Å². The van der Waals surface area contributed by atoms with Crippen LogP contribution in [0.3, 0.4) is 0 Å². The van der Waals surface area contributed by atoms with Crippen LogP contribution in [0.5, 0.6) is 0 Å². The van der Waals surface area contributed by atoms with E-state index in [0.29, 0.717) is 0 Å². The van der Waals surface area contributed by atoms with Gasteiger partial charge in [-0.25, -0.2) is 9.97 Å². The zero-order valence-corrected chi connectivity index (χ0v) is 8.40. The Labute approximate surface area is 77.0 Å². The summed E-state index contributed by atoms with van der Waals surface area (Å²) in [7, 11) is 0. The molecule has 3 nitrogen and oxygen atoms in total. The van der Waals surface area contributed by atoms with Crippen LogP contribution in [0.2, 0.25) is 0 Å². The molecular formula is C8H13N3S. The number of rotatable bonds is 3. The van der Waals surface area contributed by atoms with Gasteiger partial charge in [-0.2, -0.15) is 0 Å². The predicted molar refractivity (Wildman–Crippen MR) is 52.7 cm³/mol. The van der Waals surface area contributed by atoms with Crippen molar-refractivity contribution in [3.63, 3.8) is 0 Å². The molecule has 0 aliphatic heterocycles. The summed E-state index contributed by atoms with van der Waals surface area (Å²) in [4.78, 5) is 8.48. The van der Waals surface area contributed by atoms with Crippen LogP contribution in [0.4, 0.5) is 5.82 Å². The van der Waals surface area contributed by atoms with Crippen molar-refractivity contribution in [2.45, 2.75) is 18.9 Å². The molecule has 4 heteroatoms. The lowest BCUT2D eigenvalue weighted by atomic mass is 10.5. The Balaban J connectivity index is 2.90. The zero-order valence-electron chi connectivity index (χ0n) is 7.59. The lowest BCUT2D eigenvalue weighted by molar-refractivity contribution is 0.962. The second kappa shape index (κ2) is 4.30. The summed E-state index contributed by atoms with van der Waals surface area (Å²) in [6.45, 7) is 4.85. The highest BCUT2D eigenvalue weighted by atomic mass is 32.2. The zero-order chi connectivity index (χ0) is 8.97. The monoisotopic (exact) mass is 183 g/mol. The van der Waals surface area contributed by atoms with Gasteiger partial charge >= 0.3 is 0 Å². The number of aryl methyl sites for hydroxylation is 1. The second-order valence-electron chi connectivity index (χ2n) is 2.37. The van der Waals surface area contributed by atoms with E-state index in [1.165, 1.54) is 0 Å². The van der Waals surface area contributed by atoms with Gasteiger partial charge in [0.05, 0.1) is 0 Å². The van der Waals surface area contributed by atoms with Crippen molar-refractivity contribution in [2.24, 2.45) is 0 Å². The number of hydrogen-bond acceptors (Lipinski definition) is 4. The van der Waals surface area contributed by atoms with Crippen molar-refractivity contribution in [1.29, 1.82) is 0 Å². The van der Waals surface area contributed by atoms with Crippen molar-refractivity contribution < 1.29 is 0 Å². The normalized spacial score (nSPS) is 9.92. The van der Waals surface area contributed by atoms with Crippen molar-refractivity contribution in [1.82, 2.24) is 9.97 Å². The van der Waals surface area contributed by atoms with E-state index in [4.69, 9.17) is 0 Å². The smallest absolute Gasteiger partial charge is 0.130 e. The molecule has 0 aliphatic carbocycles. The van der Waals surface area contributed by atoms with Crippen LogP contribution in [-0.2, 0) is 0 Å². The van der Waals surface area contributed by atoms with Gasteiger partial charge in [-0.05, 0) is 20.1 Å². The van der Waals surface area contributed by atoms with Crippen LogP contribution in [0.1, 0.15) is 12.7 Å². The van der Waals surface area contributed by atoms with E-state index in [1.54, 1.807) is 11.8 Å². The summed E-state index contributed by atoms with van der Waals surface area (Å²) in [6.07, 6.45) is 2.01. The summed E-state index contributed by atoms with van der Waals surface area (Å²) in [6, 6.07) is 1.96. The molecule has 1 aromatic heterocycles. The van der Waals surface area contributed by atoms with E-state index >= 15 is 0 Å². The molecule has 0 unspecified atom stereocenters. The first-order valence-corrected chi connectivity index (χ1v) is 5.12. The molecule has 0 radical (unpaired) electrons. The topological polar surface area (TPSA) is 37.8 Å². The standard InChI is InChI=1S/C8H13N3S/c1-4-9-7-5-8(12-3)11-6(2)10-7/h5H,4H2,1-3H3,(H,9,10,11). The van der Waals surface area contributed by atoms with E-state index in [2.05, 4.69) is 22.2 Å². The van der Waals surface area contributed by atoms with Gasteiger partial charge in [0.15, 0.2) is 0 Å². The highest BCUT2D eigenvalue weighted by Gasteiger charge is 1.98. The van der Waals surface area contributed by atoms with Crippen LogP contribution >= 0.6 is 11.8 Å². The number of aromatic nitrogens is 2. The Bertz CT molecular complexity index is 262. The molecule has 0 aromatic carbocycles. The Morgan fingerprint density at radius 1 is 1.50 bits per heavy atom. The molecule has 0 bridgehead atoms. The van der Waals surface area contributed by atoms with Crippen molar-refractivity contribution in [3.05, 3.63) is 11.9 Å². The number of nitrogens with zero attached hydrogens (tertiary/aromatic N) is 2. The molecular weight excluding hydrogens is 170 g/mol. The van der Waals surface area contributed by atoms with Crippen molar-refractivity contribution in [3.8, 4) is 0 Å². The second-order valence-corrected chi connectivity index (χ2v) is 3.20. The van der Waals surface area contributed by atoms with Crippen molar-refractivity contribution >= 4 is 17.6 Å². The van der Waals surface area contributed by atoms with E-state index in [9.17, 15) is 0 Å². The van der Waals surface area contributed by atoms with Crippen LogP contribution in [0.25, 0.3) is 0 Å². The van der Waals surface area contributed by atoms with Gasteiger partial charge in [-0.15, -0.1) is 11.8 Å². The first kappa shape index (κ1) is 9.32. The van der Waals surface area contributed by atoms with Crippen LogP contribution in [-0.4, -0.2) is 22.8 Å². The van der Waals surface area contributed by atoms with Gasteiger partial charge in [0, 0.05) is 12.6 Å². The van der Waals surface area contributed by atoms with Gasteiger partial charge < -0.3 is 5.32 Å². The molecule has 12 heavy (non-hydrogen) atoms. The highest BCUT2D eigenvalue weighted by molar-refractivity contribution is 7.98. The molecule has 1 heterocycles. The molecule has 0 aliphatic rings. The predicted octanol–water partition coefficient (Wildman–Crippen LogP) is 1.94. The maximum absolute atomic E-state index is 4.25. The van der Waals surface area contributed by atoms with Crippen molar-refractivity contribution in [2.75, 3.05) is 18.1 Å². The molecule has 1 aromatic rings. The van der Waals surface area contributed by atoms with Gasteiger partial charge in [0.2, 0.25) is 0 Å². The first-order chi connectivity index (χ1) is 5.76. The van der Waals surface area contributed by atoms with Crippen LogP contribution < -0.4 is 5.32 Å². The van der Waals surface area contributed by atoms with E-state index in [0.717, 1.165) is 23.2 Å². The molecule has 0 saturated heterocycles. The fraction of sp³-hybridized carbons (Fsp3) is 0.500. The fourth-order valence-electron chi connectivity index (χ4n) is 0.917. The number of nitrogens with one attached hydrogen (secondary N) is 1. The van der Waals surface area contributed by atoms with E-state index in [1.807, 2.05) is 19.2 Å². The molecule has 0 saturated carbocycles. The van der Waals surface area contributed by atoms with Gasteiger partial charge in [-0.1, -0.05) is 0 Å². The Morgan fingerprint density at radius 3 is 2.83 bits per heavy atom. The lowest BCUT2D eigenvalue weighted by Gasteiger charge is -2.04. The highest BCUT2D eigenvalue weighted by Crippen LogP contribution is 2.14. The Morgan fingerprint density at radius 2 is 2.25 bits per heavy atom. The van der Waals surface area contributed by atoms with Gasteiger partial charge in [-0.3, -0.25) is 0 Å². The third-order valence-corrected chi connectivity index (χ3v) is 2.01. The van der Waals surface area contributed by atoms with Gasteiger partial charge in [0.1, 0.15) is 16.7 Å². The van der Waals surface area contributed by atoms with Gasteiger partial charge in [0.25, 0.3) is 0 Å². The quantitative estimate of drug-likeness (QED) is 0.574. The third kappa shape index (κ3) is 2.37. The Kier molecular flexibility index (Phi) is 3.34. The number of hydrogen-bond donors (Lipinski definition) is 1. The molecule has 0 fully saturated rings. The summed E-state index contributed by atoms with van der Waals surface area (Å²) < 4.78 is 0. The fourth-order valence-corrected chi connectivity index (χ4v) is 1.37. The minimum absolute atomic E-state index is 0.817. The average Bonchev–Trinajstić information content (AvgIpc) is 2.04. The number of anilines is 1. The molecule has 0 spiro atoms. The maximum atomic E-state index is 4.25. The largest absolute Gasteiger partial charge is 0.370 e. The first-order valence-electron chi connectivity index (χ1n) is 3.89. The molecule has 66 valence electrons. The molecule has 1 N–H and O–H groups in total. The van der Waals surface area contributed by atoms with Crippen LogP contribution in [0, 0.1) is 6.92 Å². The third-order valence-electron chi connectivity index (χ3n) is 1.38. The average molecular weight is 183 g/mol. The summed E-state index contributed by atoms with van der Waals surface area (Å²) in [5.74, 6) is 1.73. The Hall–Kier alpha value is -0.770.